The molecule has 2 heteroatoms. The average Bonchev–Trinajstić information content (AvgIpc) is 3.81. The summed E-state index contributed by atoms with van der Waals surface area (Å²) in [5.41, 5.74) is 10.8. The minimum absolute atomic E-state index is 0.100. The number of nitrogens with zero attached hydrogens (tertiary/aromatic N) is 2. The maximum atomic E-state index is 8.62. The Kier molecular flexibility index (Phi) is 6.95. The van der Waals surface area contributed by atoms with Gasteiger partial charge in [0, 0.05) is 38.9 Å². The fourth-order valence-corrected chi connectivity index (χ4v) is 9.15. The lowest BCUT2D eigenvalue weighted by Crippen LogP contribution is -2.09. The highest BCUT2D eigenvalue weighted by atomic mass is 15.1. The Bertz CT molecular complexity index is 4040. The molecule has 0 spiro atoms. The lowest BCUT2D eigenvalue weighted by molar-refractivity contribution is 1.19. The first-order chi connectivity index (χ1) is 35.9. The van der Waals surface area contributed by atoms with Gasteiger partial charge >= 0.3 is 0 Å². The molecule has 0 aliphatic rings. The van der Waals surface area contributed by atoms with Crippen molar-refractivity contribution >= 4 is 60.4 Å². The largest absolute Gasteiger partial charge is 0.311 e. The third-order valence-electron chi connectivity index (χ3n) is 12.2. The average molecular weight is 825 g/mol. The summed E-state index contributed by atoms with van der Waals surface area (Å²) in [6.45, 7) is 0. The van der Waals surface area contributed by atoms with Crippen molar-refractivity contribution in [3.63, 3.8) is 0 Å². The number of benzene rings is 11. The molecule has 0 unspecified atom stereocenters. The molecule has 0 aliphatic heterocycles. The summed E-state index contributed by atoms with van der Waals surface area (Å²) in [4.78, 5) is 2.01. The number of fused-ring (bicyclic) bond motifs is 8. The lowest BCUT2D eigenvalue weighted by atomic mass is 9.96. The molecule has 0 N–H and O–H groups in total. The third kappa shape index (κ3) is 6.52. The van der Waals surface area contributed by atoms with E-state index in [2.05, 4.69) is 132 Å². The van der Waals surface area contributed by atoms with Gasteiger partial charge in [-0.1, -0.05) is 200 Å². The normalized spacial score (nSPS) is 13.6. The molecule has 12 rings (SSSR count). The van der Waals surface area contributed by atoms with Crippen LogP contribution in [0, 0.1) is 0 Å². The van der Waals surface area contributed by atoms with E-state index in [-0.39, 0.29) is 35.3 Å². The van der Waals surface area contributed by atoms with Crippen LogP contribution in [0.3, 0.4) is 0 Å². The topological polar surface area (TPSA) is 8.17 Å². The van der Waals surface area contributed by atoms with Crippen LogP contribution in [0.2, 0.25) is 0 Å². The smallest absolute Gasteiger partial charge is 0.0629 e. The first-order valence-electron chi connectivity index (χ1n) is 26.2. The second kappa shape index (κ2) is 15.8. The Balaban J connectivity index is 0.995. The number of anilines is 3. The molecular weight excluding hydrogens is 773 g/mol. The SMILES string of the molecule is [2H]c1c([2H])c([2H])c(-c2ccc(N(c3ccc(-c4ccc5c6c7ccccc7c7ccccc7c6n(-c6ccc(-c7ccccc7)cc6)c5c4)cc3)c3ccc(-c4c([2H])c([2H])c([2H])c([2H])c4[2H])cc3)cc2)c([2H])c1[2H]. The molecule has 300 valence electrons. The summed E-state index contributed by atoms with van der Waals surface area (Å²) < 4.78 is 86.2. The van der Waals surface area contributed by atoms with E-state index in [1.807, 2.05) is 47.4 Å². The second-order valence-corrected chi connectivity index (χ2v) is 15.8. The van der Waals surface area contributed by atoms with Gasteiger partial charge in [0.25, 0.3) is 0 Å². The van der Waals surface area contributed by atoms with Gasteiger partial charge in [0.2, 0.25) is 0 Å². The molecule has 0 aliphatic carbocycles. The van der Waals surface area contributed by atoms with Crippen molar-refractivity contribution in [2.24, 2.45) is 0 Å². The Hall–Kier alpha value is -8.46. The van der Waals surface area contributed by atoms with E-state index in [1.54, 1.807) is 24.3 Å². The molecule has 1 heterocycles. The molecule has 0 radical (unpaired) electrons. The Morgan fingerprint density at radius 1 is 0.312 bits per heavy atom. The fourth-order valence-electron chi connectivity index (χ4n) is 9.15. The van der Waals surface area contributed by atoms with E-state index < -0.39 is 36.3 Å². The van der Waals surface area contributed by atoms with Crippen molar-refractivity contribution in [3.05, 3.63) is 255 Å². The first kappa shape index (κ1) is 28.2. The zero-order valence-electron chi connectivity index (χ0n) is 44.4. The quantitative estimate of drug-likeness (QED) is 0.139. The molecule has 11 aromatic carbocycles. The zero-order chi connectivity index (χ0) is 51.1. The molecule has 64 heavy (non-hydrogen) atoms. The van der Waals surface area contributed by atoms with Crippen molar-refractivity contribution in [1.29, 1.82) is 0 Å². The van der Waals surface area contributed by atoms with Crippen LogP contribution in [-0.4, -0.2) is 4.57 Å². The van der Waals surface area contributed by atoms with E-state index in [4.69, 9.17) is 13.7 Å². The van der Waals surface area contributed by atoms with Gasteiger partial charge in [-0.05, 0) is 115 Å². The maximum Gasteiger partial charge on any atom is 0.0629 e. The van der Waals surface area contributed by atoms with Crippen LogP contribution < -0.4 is 4.90 Å². The molecule has 12 aromatic rings. The van der Waals surface area contributed by atoms with E-state index in [1.165, 1.54) is 26.9 Å². The van der Waals surface area contributed by atoms with Gasteiger partial charge in [0.05, 0.1) is 24.7 Å². The maximum absolute atomic E-state index is 8.62. The molecule has 1 aromatic heterocycles. The molecule has 2 nitrogen and oxygen atoms in total. The molecule has 0 fully saturated rings. The number of rotatable bonds is 8. The summed E-state index contributed by atoms with van der Waals surface area (Å²) in [6, 6.07) is 61.9. The highest BCUT2D eigenvalue weighted by Crippen LogP contribution is 2.44. The minimum Gasteiger partial charge on any atom is -0.311 e. The van der Waals surface area contributed by atoms with E-state index in [9.17, 15) is 0 Å². The van der Waals surface area contributed by atoms with Crippen molar-refractivity contribution in [2.45, 2.75) is 0 Å². The summed E-state index contributed by atoms with van der Waals surface area (Å²) in [7, 11) is 0. The van der Waals surface area contributed by atoms with Gasteiger partial charge in [-0.3, -0.25) is 0 Å². The third-order valence-corrected chi connectivity index (χ3v) is 12.2. The van der Waals surface area contributed by atoms with E-state index in [0.29, 0.717) is 22.5 Å². The van der Waals surface area contributed by atoms with Crippen LogP contribution in [0.1, 0.15) is 13.7 Å². The van der Waals surface area contributed by atoms with Gasteiger partial charge in [0.1, 0.15) is 0 Å². The van der Waals surface area contributed by atoms with Crippen LogP contribution >= 0.6 is 0 Å². The van der Waals surface area contributed by atoms with Gasteiger partial charge in [-0.15, -0.1) is 0 Å². The zero-order valence-corrected chi connectivity index (χ0v) is 34.4. The molecule has 0 bridgehead atoms. The summed E-state index contributed by atoms with van der Waals surface area (Å²) >= 11 is 0. The predicted molar refractivity (Wildman–Crippen MR) is 272 cm³/mol. The van der Waals surface area contributed by atoms with Gasteiger partial charge < -0.3 is 9.47 Å². The molecule has 0 saturated heterocycles. The lowest BCUT2D eigenvalue weighted by Gasteiger charge is -2.26. The Labute approximate surface area is 387 Å². The summed E-state index contributed by atoms with van der Waals surface area (Å²) in [5, 5.41) is 7.07. The van der Waals surface area contributed by atoms with E-state index >= 15 is 0 Å². The standard InChI is InChI=1S/C62H42N2/c1-4-14-43(15-5-1)46-24-33-51(34-25-46)63(52-35-26-47(27-36-52)44-16-6-2-7-17-44)53-37-30-49(31-38-53)50-32-41-59-60(42-50)64(54-39-28-48(29-40-54)45-18-8-3-9-19-45)62-58-23-13-11-21-56(58)55-20-10-12-22-57(55)61(59)62/h1-42H/i1D,2D,4D,5D,6D,7D,14D,15D,16D,17D. The Morgan fingerprint density at radius 2 is 0.719 bits per heavy atom. The van der Waals surface area contributed by atoms with Gasteiger partial charge in [-0.2, -0.15) is 0 Å². The number of aromatic nitrogens is 1. The number of hydrogen-bond donors (Lipinski definition) is 0. The van der Waals surface area contributed by atoms with Gasteiger partial charge in [-0.25, -0.2) is 0 Å². The highest BCUT2D eigenvalue weighted by molar-refractivity contribution is 6.32. The van der Waals surface area contributed by atoms with Crippen LogP contribution in [0.15, 0.2) is 255 Å². The molecule has 0 saturated carbocycles. The minimum atomic E-state index is -0.458. The van der Waals surface area contributed by atoms with Crippen molar-refractivity contribution < 1.29 is 13.7 Å². The Morgan fingerprint density at radius 3 is 1.27 bits per heavy atom. The fraction of sp³-hybridized carbons (Fsp3) is 0. The van der Waals surface area contributed by atoms with Crippen LogP contribution in [0.25, 0.3) is 93.5 Å². The molecular formula is C62H42N2. The molecule has 0 atom stereocenters. The van der Waals surface area contributed by atoms with Crippen LogP contribution in [0.5, 0.6) is 0 Å². The molecule has 0 amide bonds. The monoisotopic (exact) mass is 824 g/mol. The number of hydrogen-bond acceptors (Lipinski definition) is 1. The summed E-state index contributed by atoms with van der Waals surface area (Å²) in [5.74, 6) is 0. The van der Waals surface area contributed by atoms with Gasteiger partial charge in [0.15, 0.2) is 0 Å². The van der Waals surface area contributed by atoms with Crippen molar-refractivity contribution in [2.75, 3.05) is 4.90 Å². The van der Waals surface area contributed by atoms with Crippen LogP contribution in [-0.2, 0) is 0 Å². The van der Waals surface area contributed by atoms with E-state index in [0.717, 1.165) is 50.0 Å². The summed E-state index contributed by atoms with van der Waals surface area (Å²) in [6.07, 6.45) is 0. The van der Waals surface area contributed by atoms with Crippen LogP contribution in [0.4, 0.5) is 17.1 Å². The van der Waals surface area contributed by atoms with Crippen molar-refractivity contribution in [3.8, 4) is 50.2 Å². The highest BCUT2D eigenvalue weighted by Gasteiger charge is 2.20. The predicted octanol–water partition coefficient (Wildman–Crippen LogP) is 17.2. The first-order valence-corrected chi connectivity index (χ1v) is 21.2. The second-order valence-electron chi connectivity index (χ2n) is 15.8. The van der Waals surface area contributed by atoms with Crippen molar-refractivity contribution in [1.82, 2.24) is 4.57 Å².